The second-order valence-electron chi connectivity index (χ2n) is 7.17. The van der Waals surface area contributed by atoms with Gasteiger partial charge in [-0.25, -0.2) is 0 Å². The number of benzene rings is 3. The Morgan fingerprint density at radius 2 is 1.34 bits per heavy atom. The van der Waals surface area contributed by atoms with Crippen LogP contribution in [0, 0.1) is 0 Å². The largest absolute Gasteiger partial charge is 0.492 e. The molecule has 0 saturated heterocycles. The summed E-state index contributed by atoms with van der Waals surface area (Å²) in [6, 6.07) is 15.3. The Balaban J connectivity index is 2.07. The van der Waals surface area contributed by atoms with Crippen LogP contribution in [0.25, 0.3) is 21.8 Å². The minimum absolute atomic E-state index is 0.214. The lowest BCUT2D eigenvalue weighted by Gasteiger charge is -2.21. The van der Waals surface area contributed by atoms with Crippen LogP contribution in [0.3, 0.4) is 0 Å². The van der Waals surface area contributed by atoms with Gasteiger partial charge in [-0.3, -0.25) is 4.79 Å². The van der Waals surface area contributed by atoms with E-state index in [-0.39, 0.29) is 5.43 Å². The Hall–Kier alpha value is -3.87. The minimum atomic E-state index is -0.214. The lowest BCUT2D eigenvalue weighted by atomic mass is 10.1. The molecule has 0 unspecified atom stereocenters. The summed E-state index contributed by atoms with van der Waals surface area (Å²) in [6.07, 6.45) is 0. The summed E-state index contributed by atoms with van der Waals surface area (Å²) in [5.74, 6) is 1.89. The van der Waals surface area contributed by atoms with E-state index in [0.29, 0.717) is 57.2 Å². The Morgan fingerprint density at radius 1 is 0.719 bits per heavy atom. The molecule has 0 aliphatic rings. The molecule has 3 aromatic carbocycles. The Bertz CT molecular complexity index is 1340. The van der Waals surface area contributed by atoms with Crippen LogP contribution in [0.15, 0.2) is 53.3 Å². The summed E-state index contributed by atoms with van der Waals surface area (Å²) in [7, 11) is 7.88. The highest BCUT2D eigenvalue weighted by molar-refractivity contribution is 6.04. The van der Waals surface area contributed by atoms with E-state index in [2.05, 4.69) is 0 Å². The first-order valence-electron chi connectivity index (χ1n) is 10.0. The van der Waals surface area contributed by atoms with Crippen molar-refractivity contribution in [2.24, 2.45) is 7.05 Å². The second kappa shape index (κ2) is 8.70. The van der Waals surface area contributed by atoms with Crippen LogP contribution in [-0.4, -0.2) is 33.0 Å². The summed E-state index contributed by atoms with van der Waals surface area (Å²) >= 11 is 0. The van der Waals surface area contributed by atoms with Crippen molar-refractivity contribution in [3.05, 3.63) is 64.3 Å². The zero-order valence-electron chi connectivity index (χ0n) is 18.7. The van der Waals surface area contributed by atoms with Crippen LogP contribution in [0.4, 0.5) is 0 Å². The van der Waals surface area contributed by atoms with Gasteiger partial charge in [0.2, 0.25) is 16.9 Å². The fraction of sp³-hybridized carbons (Fsp3) is 0.240. The molecule has 1 aromatic heterocycles. The van der Waals surface area contributed by atoms with Crippen molar-refractivity contribution < 1.29 is 23.7 Å². The number of fused-ring (bicyclic) bond motifs is 2. The number of rotatable bonds is 7. The molecule has 0 aliphatic heterocycles. The number of aromatic nitrogens is 1. The number of pyridine rings is 1. The van der Waals surface area contributed by atoms with Crippen molar-refractivity contribution in [2.75, 3.05) is 28.4 Å². The third-order valence-corrected chi connectivity index (χ3v) is 5.49. The van der Waals surface area contributed by atoms with E-state index in [0.717, 1.165) is 5.56 Å². The number of hydrogen-bond acceptors (Lipinski definition) is 6. The molecule has 0 N–H and O–H groups in total. The van der Waals surface area contributed by atoms with E-state index < -0.39 is 0 Å². The Morgan fingerprint density at radius 3 is 1.97 bits per heavy atom. The number of hydrogen-bond donors (Lipinski definition) is 0. The maximum absolute atomic E-state index is 13.7. The average Bonchev–Trinajstić information content (AvgIpc) is 2.84. The van der Waals surface area contributed by atoms with Crippen molar-refractivity contribution in [1.29, 1.82) is 0 Å². The maximum atomic E-state index is 13.7. The molecule has 166 valence electrons. The van der Waals surface area contributed by atoms with Gasteiger partial charge >= 0.3 is 0 Å². The van der Waals surface area contributed by atoms with Crippen molar-refractivity contribution in [3.8, 4) is 28.7 Å². The SMILES string of the molecule is COc1c(OC)c(OC)c2c(c1OC)c(=O)c1cccc(OCc3ccccc3)c1n2C. The van der Waals surface area contributed by atoms with Gasteiger partial charge in [-0.05, 0) is 17.7 Å². The molecular weight excluding hydrogens is 410 g/mol. The van der Waals surface area contributed by atoms with Crippen molar-refractivity contribution >= 4 is 21.8 Å². The van der Waals surface area contributed by atoms with Crippen LogP contribution < -0.4 is 29.1 Å². The second-order valence-corrected chi connectivity index (χ2v) is 7.17. The molecule has 0 radical (unpaired) electrons. The molecule has 7 nitrogen and oxygen atoms in total. The summed E-state index contributed by atoms with van der Waals surface area (Å²) in [6.45, 7) is 0.374. The van der Waals surface area contributed by atoms with Crippen LogP contribution in [0.1, 0.15) is 5.56 Å². The summed E-state index contributed by atoms with van der Waals surface area (Å²) in [5.41, 5.74) is 1.99. The fourth-order valence-corrected chi connectivity index (χ4v) is 4.08. The van der Waals surface area contributed by atoms with Gasteiger partial charge < -0.3 is 28.3 Å². The monoisotopic (exact) mass is 435 g/mol. The fourth-order valence-electron chi connectivity index (χ4n) is 4.08. The molecule has 0 fully saturated rings. The standard InChI is InChI=1S/C25H25NO6/c1-26-19-16(12-9-13-17(19)32-14-15-10-7-6-8-11-15)21(27)18-20(26)23(29-3)25(31-5)24(30-4)22(18)28-2/h6-13H,14H2,1-5H3. The molecule has 0 saturated carbocycles. The summed E-state index contributed by atoms with van der Waals surface area (Å²) in [4.78, 5) is 13.7. The molecule has 4 aromatic rings. The lowest BCUT2D eigenvalue weighted by molar-refractivity contribution is 0.307. The number of ether oxygens (including phenoxy) is 5. The molecule has 0 amide bonds. The summed E-state index contributed by atoms with van der Waals surface area (Å²) in [5, 5.41) is 0.843. The van der Waals surface area contributed by atoms with Gasteiger partial charge in [-0.15, -0.1) is 0 Å². The van der Waals surface area contributed by atoms with Gasteiger partial charge in [-0.2, -0.15) is 0 Å². The minimum Gasteiger partial charge on any atom is -0.492 e. The molecule has 0 spiro atoms. The van der Waals surface area contributed by atoms with E-state index in [1.807, 2.05) is 48.0 Å². The quantitative estimate of drug-likeness (QED) is 0.403. The van der Waals surface area contributed by atoms with Crippen molar-refractivity contribution in [3.63, 3.8) is 0 Å². The van der Waals surface area contributed by atoms with E-state index in [1.165, 1.54) is 28.4 Å². The van der Waals surface area contributed by atoms with Gasteiger partial charge in [0.25, 0.3) is 0 Å². The number of para-hydroxylation sites is 1. The van der Waals surface area contributed by atoms with Gasteiger partial charge in [0, 0.05) is 7.05 Å². The number of nitrogens with zero attached hydrogens (tertiary/aromatic N) is 1. The Kier molecular flexibility index (Phi) is 5.81. The topological polar surface area (TPSA) is 68.2 Å². The van der Waals surface area contributed by atoms with E-state index in [9.17, 15) is 4.79 Å². The van der Waals surface area contributed by atoms with Gasteiger partial charge in [-0.1, -0.05) is 36.4 Å². The van der Waals surface area contributed by atoms with Gasteiger partial charge in [0.15, 0.2) is 11.5 Å². The highest BCUT2D eigenvalue weighted by Crippen LogP contribution is 2.50. The molecule has 1 heterocycles. The molecule has 0 aliphatic carbocycles. The summed E-state index contributed by atoms with van der Waals surface area (Å²) < 4.78 is 30.4. The normalized spacial score (nSPS) is 10.9. The number of methoxy groups -OCH3 is 4. The van der Waals surface area contributed by atoms with Crippen molar-refractivity contribution in [1.82, 2.24) is 4.57 Å². The predicted molar refractivity (Wildman–Crippen MR) is 124 cm³/mol. The molecule has 0 atom stereocenters. The zero-order valence-corrected chi connectivity index (χ0v) is 18.7. The molecule has 32 heavy (non-hydrogen) atoms. The first kappa shape index (κ1) is 21.4. The highest BCUT2D eigenvalue weighted by atomic mass is 16.5. The highest BCUT2D eigenvalue weighted by Gasteiger charge is 2.28. The first-order chi connectivity index (χ1) is 15.6. The predicted octanol–water partition coefficient (Wildman–Crippen LogP) is 4.31. The zero-order chi connectivity index (χ0) is 22.8. The van der Waals surface area contributed by atoms with Crippen LogP contribution in [0.5, 0.6) is 28.7 Å². The third-order valence-electron chi connectivity index (χ3n) is 5.49. The molecule has 0 bridgehead atoms. The Labute approximate surface area is 185 Å². The average molecular weight is 435 g/mol. The lowest BCUT2D eigenvalue weighted by Crippen LogP contribution is -2.14. The van der Waals surface area contributed by atoms with Gasteiger partial charge in [0.05, 0.1) is 44.7 Å². The van der Waals surface area contributed by atoms with Gasteiger partial charge in [0.1, 0.15) is 17.9 Å². The van der Waals surface area contributed by atoms with Crippen molar-refractivity contribution in [2.45, 2.75) is 6.61 Å². The molecule has 4 rings (SSSR count). The third kappa shape index (κ3) is 3.26. The van der Waals surface area contributed by atoms with Crippen LogP contribution >= 0.6 is 0 Å². The van der Waals surface area contributed by atoms with E-state index in [4.69, 9.17) is 23.7 Å². The van der Waals surface area contributed by atoms with E-state index >= 15 is 0 Å². The maximum Gasteiger partial charge on any atom is 0.209 e. The van der Waals surface area contributed by atoms with E-state index in [1.54, 1.807) is 12.1 Å². The van der Waals surface area contributed by atoms with Crippen LogP contribution in [-0.2, 0) is 13.7 Å². The van der Waals surface area contributed by atoms with Crippen LogP contribution in [0.2, 0.25) is 0 Å². The number of aryl methyl sites for hydroxylation is 1. The molecule has 7 heteroatoms. The first-order valence-corrected chi connectivity index (χ1v) is 10.0. The smallest absolute Gasteiger partial charge is 0.209 e. The molecular formula is C25H25NO6.